The molecule has 0 N–H and O–H groups in total. The van der Waals surface area contributed by atoms with Gasteiger partial charge >= 0.3 is 0 Å². The lowest BCUT2D eigenvalue weighted by Gasteiger charge is -2.24. The third kappa shape index (κ3) is 2.64. The van der Waals surface area contributed by atoms with Crippen molar-refractivity contribution in [2.75, 3.05) is 11.4 Å². The molecule has 0 radical (unpaired) electrons. The van der Waals surface area contributed by atoms with E-state index >= 15 is 0 Å². The Labute approximate surface area is 176 Å². The van der Waals surface area contributed by atoms with E-state index in [2.05, 4.69) is 84.6 Å². The van der Waals surface area contributed by atoms with Crippen molar-refractivity contribution in [1.82, 2.24) is 0 Å². The first kappa shape index (κ1) is 17.3. The van der Waals surface area contributed by atoms with Crippen molar-refractivity contribution in [2.24, 2.45) is 0 Å². The third-order valence-corrected chi connectivity index (χ3v) is 6.34. The predicted molar refractivity (Wildman–Crippen MR) is 125 cm³/mol. The molecule has 4 aromatic carbocycles. The van der Waals surface area contributed by atoms with Gasteiger partial charge in [-0.25, -0.2) is 0 Å². The number of benzene rings is 4. The molecule has 5 aromatic rings. The second kappa shape index (κ2) is 6.77. The molecule has 30 heavy (non-hydrogen) atoms. The van der Waals surface area contributed by atoms with Crippen LogP contribution >= 0.6 is 0 Å². The zero-order valence-corrected chi connectivity index (χ0v) is 17.1. The van der Waals surface area contributed by atoms with Gasteiger partial charge in [0.05, 0.1) is 5.39 Å². The summed E-state index contributed by atoms with van der Waals surface area (Å²) in [6, 6.07) is 30.5. The second-order valence-electron chi connectivity index (χ2n) is 8.09. The van der Waals surface area contributed by atoms with Crippen molar-refractivity contribution in [2.45, 2.75) is 19.9 Å². The summed E-state index contributed by atoms with van der Waals surface area (Å²) >= 11 is 0. The Kier molecular flexibility index (Phi) is 3.92. The van der Waals surface area contributed by atoms with Crippen molar-refractivity contribution in [3.63, 3.8) is 0 Å². The number of anilines is 1. The van der Waals surface area contributed by atoms with Gasteiger partial charge < -0.3 is 9.32 Å². The van der Waals surface area contributed by atoms with Crippen LogP contribution < -0.4 is 4.90 Å². The summed E-state index contributed by atoms with van der Waals surface area (Å²) in [6.07, 6.45) is 1.05. The SMILES string of the molecule is CCN(Cc1ccc2c(c1)-c1ccccc1C2)c1cccc2oc3ccccc3c12. The van der Waals surface area contributed by atoms with Crippen LogP contribution in [0.25, 0.3) is 33.1 Å². The van der Waals surface area contributed by atoms with Crippen LogP contribution in [0.5, 0.6) is 0 Å². The fraction of sp³-hybridized carbons (Fsp3) is 0.143. The van der Waals surface area contributed by atoms with Gasteiger partial charge in [-0.1, -0.05) is 60.7 Å². The third-order valence-electron chi connectivity index (χ3n) is 6.34. The van der Waals surface area contributed by atoms with Gasteiger partial charge in [0.15, 0.2) is 0 Å². The van der Waals surface area contributed by atoms with Crippen LogP contribution in [0, 0.1) is 0 Å². The fourth-order valence-corrected chi connectivity index (χ4v) is 4.88. The summed E-state index contributed by atoms with van der Waals surface area (Å²) in [5, 5.41) is 2.39. The first-order chi connectivity index (χ1) is 14.8. The highest BCUT2D eigenvalue weighted by Gasteiger charge is 2.19. The Hall–Kier alpha value is -3.52. The van der Waals surface area contributed by atoms with Crippen molar-refractivity contribution < 1.29 is 4.42 Å². The van der Waals surface area contributed by atoms with E-state index in [4.69, 9.17) is 4.42 Å². The van der Waals surface area contributed by atoms with Gasteiger partial charge in [-0.05, 0) is 65.4 Å². The van der Waals surface area contributed by atoms with Crippen LogP contribution in [0.2, 0.25) is 0 Å². The number of fused-ring (bicyclic) bond motifs is 6. The molecular weight excluding hydrogens is 366 g/mol. The standard InChI is InChI=1S/C28H23NO/c1-2-29(25-11-7-13-27-28(25)23-10-5-6-12-26(23)30-27)18-19-14-15-21-17-20-8-3-4-9-22(20)24(21)16-19/h3-16H,2,17-18H2,1H3. The molecule has 2 nitrogen and oxygen atoms in total. The van der Waals surface area contributed by atoms with Gasteiger partial charge in [-0.2, -0.15) is 0 Å². The Bertz CT molecular complexity index is 1390. The van der Waals surface area contributed by atoms with Gasteiger partial charge in [-0.15, -0.1) is 0 Å². The van der Waals surface area contributed by atoms with E-state index in [0.29, 0.717) is 0 Å². The van der Waals surface area contributed by atoms with Crippen LogP contribution in [0.4, 0.5) is 5.69 Å². The molecule has 1 aliphatic rings. The molecule has 0 spiro atoms. The summed E-state index contributed by atoms with van der Waals surface area (Å²) in [5.74, 6) is 0. The van der Waals surface area contributed by atoms with Crippen LogP contribution in [0.15, 0.2) is 89.3 Å². The van der Waals surface area contributed by atoms with Crippen molar-refractivity contribution in [1.29, 1.82) is 0 Å². The monoisotopic (exact) mass is 389 g/mol. The molecule has 146 valence electrons. The highest BCUT2D eigenvalue weighted by atomic mass is 16.3. The van der Waals surface area contributed by atoms with Crippen LogP contribution in [0.3, 0.4) is 0 Å². The van der Waals surface area contributed by atoms with Gasteiger partial charge in [0.1, 0.15) is 11.2 Å². The highest BCUT2D eigenvalue weighted by molar-refractivity contribution is 6.11. The van der Waals surface area contributed by atoms with Crippen molar-refractivity contribution in [3.8, 4) is 11.1 Å². The summed E-state index contributed by atoms with van der Waals surface area (Å²) in [5.41, 5.74) is 10.1. The Morgan fingerprint density at radius 3 is 2.50 bits per heavy atom. The average Bonchev–Trinajstić information content (AvgIpc) is 3.35. The molecule has 6 rings (SSSR count). The molecule has 1 heterocycles. The van der Waals surface area contributed by atoms with Crippen LogP contribution in [-0.4, -0.2) is 6.54 Å². The summed E-state index contributed by atoms with van der Waals surface area (Å²) in [6.45, 7) is 4.04. The van der Waals surface area contributed by atoms with E-state index in [1.165, 1.54) is 44.3 Å². The van der Waals surface area contributed by atoms with E-state index < -0.39 is 0 Å². The van der Waals surface area contributed by atoms with Gasteiger partial charge in [0.25, 0.3) is 0 Å². The summed E-state index contributed by atoms with van der Waals surface area (Å²) in [4.78, 5) is 2.45. The molecule has 1 aromatic heterocycles. The minimum atomic E-state index is 0.880. The first-order valence-electron chi connectivity index (χ1n) is 10.7. The summed E-state index contributed by atoms with van der Waals surface area (Å²) in [7, 11) is 0. The number of hydrogen-bond donors (Lipinski definition) is 0. The number of para-hydroxylation sites is 1. The van der Waals surface area contributed by atoms with E-state index in [9.17, 15) is 0 Å². The minimum absolute atomic E-state index is 0.880. The maximum Gasteiger partial charge on any atom is 0.137 e. The molecule has 0 bridgehead atoms. The lowest BCUT2D eigenvalue weighted by molar-refractivity contribution is 0.668. The van der Waals surface area contributed by atoms with Gasteiger partial charge in [-0.3, -0.25) is 0 Å². The minimum Gasteiger partial charge on any atom is -0.456 e. The molecule has 0 saturated heterocycles. The first-order valence-corrected chi connectivity index (χ1v) is 10.7. The molecule has 0 aliphatic heterocycles. The number of nitrogens with zero attached hydrogens (tertiary/aromatic N) is 1. The quantitative estimate of drug-likeness (QED) is 0.317. The Morgan fingerprint density at radius 2 is 1.57 bits per heavy atom. The molecule has 0 saturated carbocycles. The zero-order chi connectivity index (χ0) is 20.1. The lowest BCUT2D eigenvalue weighted by Crippen LogP contribution is -2.22. The van der Waals surface area contributed by atoms with Gasteiger partial charge in [0.2, 0.25) is 0 Å². The van der Waals surface area contributed by atoms with E-state index in [1.54, 1.807) is 0 Å². The van der Waals surface area contributed by atoms with Crippen LogP contribution in [0.1, 0.15) is 23.6 Å². The molecule has 0 fully saturated rings. The fourth-order valence-electron chi connectivity index (χ4n) is 4.88. The smallest absolute Gasteiger partial charge is 0.137 e. The molecule has 0 amide bonds. The van der Waals surface area contributed by atoms with Gasteiger partial charge in [0, 0.05) is 24.2 Å². The van der Waals surface area contributed by atoms with Crippen molar-refractivity contribution in [3.05, 3.63) is 102 Å². The average molecular weight is 389 g/mol. The van der Waals surface area contributed by atoms with Crippen LogP contribution in [-0.2, 0) is 13.0 Å². The maximum absolute atomic E-state index is 6.11. The van der Waals surface area contributed by atoms with E-state index in [0.717, 1.165) is 30.7 Å². The lowest BCUT2D eigenvalue weighted by atomic mass is 10.0. The predicted octanol–water partition coefficient (Wildman–Crippen LogP) is 7.18. The summed E-state index contributed by atoms with van der Waals surface area (Å²) < 4.78 is 6.11. The number of rotatable bonds is 4. The zero-order valence-electron chi connectivity index (χ0n) is 17.1. The normalized spacial score (nSPS) is 12.3. The largest absolute Gasteiger partial charge is 0.456 e. The van der Waals surface area contributed by atoms with Crippen molar-refractivity contribution >= 4 is 27.6 Å². The second-order valence-corrected chi connectivity index (χ2v) is 8.09. The molecule has 0 unspecified atom stereocenters. The molecule has 0 atom stereocenters. The van der Waals surface area contributed by atoms with E-state index in [-0.39, 0.29) is 0 Å². The Balaban J connectivity index is 1.42. The highest BCUT2D eigenvalue weighted by Crippen LogP contribution is 2.39. The maximum atomic E-state index is 6.11. The number of hydrogen-bond acceptors (Lipinski definition) is 2. The molecule has 2 heteroatoms. The molecule has 1 aliphatic carbocycles. The molecular formula is C28H23NO. The number of furan rings is 1. The van der Waals surface area contributed by atoms with E-state index in [1.807, 2.05) is 12.1 Å². The Morgan fingerprint density at radius 1 is 0.767 bits per heavy atom. The topological polar surface area (TPSA) is 16.4 Å².